The van der Waals surface area contributed by atoms with E-state index in [0.717, 1.165) is 30.2 Å². The van der Waals surface area contributed by atoms with Crippen LogP contribution in [0.15, 0.2) is 6.07 Å². The Hall–Kier alpha value is -1.16. The molecule has 4 nitrogen and oxygen atoms in total. The first-order valence-corrected chi connectivity index (χ1v) is 5.42. The molecule has 4 heteroatoms. The summed E-state index contributed by atoms with van der Waals surface area (Å²) in [6, 6.07) is 1.99. The summed E-state index contributed by atoms with van der Waals surface area (Å²) >= 11 is 0. The van der Waals surface area contributed by atoms with E-state index in [1.54, 1.807) is 0 Å². The zero-order chi connectivity index (χ0) is 11.1. The molecule has 1 N–H and O–H groups in total. The maximum absolute atomic E-state index is 5.30. The van der Waals surface area contributed by atoms with E-state index in [1.807, 2.05) is 20.0 Å². The third-order valence-electron chi connectivity index (χ3n) is 2.02. The minimum atomic E-state index is 0.489. The average Bonchev–Trinajstić information content (AvgIpc) is 2.26. The highest BCUT2D eigenvalue weighted by atomic mass is 16.5. The second-order valence-electron chi connectivity index (χ2n) is 3.30. The number of rotatable bonds is 6. The summed E-state index contributed by atoms with van der Waals surface area (Å²) in [6.07, 6.45) is 2.07. The van der Waals surface area contributed by atoms with Crippen molar-refractivity contribution >= 4 is 5.82 Å². The van der Waals surface area contributed by atoms with Crippen molar-refractivity contribution in [2.45, 2.75) is 33.3 Å². The number of aryl methyl sites for hydroxylation is 1. The van der Waals surface area contributed by atoms with Crippen LogP contribution in [0.25, 0.3) is 0 Å². The Morgan fingerprint density at radius 3 is 2.73 bits per heavy atom. The summed E-state index contributed by atoms with van der Waals surface area (Å²) in [7, 11) is 1.86. The van der Waals surface area contributed by atoms with E-state index < -0.39 is 0 Å². The van der Waals surface area contributed by atoms with Gasteiger partial charge in [0.15, 0.2) is 5.82 Å². The van der Waals surface area contributed by atoms with Crippen LogP contribution < -0.4 is 5.32 Å². The Labute approximate surface area is 91.1 Å². The molecule has 0 spiro atoms. The van der Waals surface area contributed by atoms with Gasteiger partial charge in [0, 0.05) is 25.4 Å². The fourth-order valence-corrected chi connectivity index (χ4v) is 1.32. The molecule has 0 aromatic carbocycles. The monoisotopic (exact) mass is 209 g/mol. The van der Waals surface area contributed by atoms with E-state index in [-0.39, 0.29) is 0 Å². The Morgan fingerprint density at radius 1 is 1.33 bits per heavy atom. The van der Waals surface area contributed by atoms with Crippen molar-refractivity contribution in [2.24, 2.45) is 0 Å². The van der Waals surface area contributed by atoms with Crippen LogP contribution in [0.2, 0.25) is 0 Å². The first kappa shape index (κ1) is 11.9. The SMILES string of the molecule is CCCc1cc(NC)nc(COCC)n1. The first-order chi connectivity index (χ1) is 7.30. The molecule has 0 radical (unpaired) electrons. The average molecular weight is 209 g/mol. The quantitative estimate of drug-likeness (QED) is 0.778. The lowest BCUT2D eigenvalue weighted by Crippen LogP contribution is -2.05. The highest BCUT2D eigenvalue weighted by Gasteiger charge is 2.03. The lowest BCUT2D eigenvalue weighted by molar-refractivity contribution is 0.128. The van der Waals surface area contributed by atoms with Crippen LogP contribution in [0, 0.1) is 0 Å². The number of nitrogens with one attached hydrogen (secondary N) is 1. The molecule has 1 aromatic rings. The maximum atomic E-state index is 5.30. The van der Waals surface area contributed by atoms with E-state index in [4.69, 9.17) is 4.74 Å². The molecule has 1 aromatic heterocycles. The fraction of sp³-hybridized carbons (Fsp3) is 0.636. The molecule has 0 atom stereocenters. The van der Waals surface area contributed by atoms with Crippen molar-refractivity contribution in [3.8, 4) is 0 Å². The van der Waals surface area contributed by atoms with Crippen LogP contribution in [0.5, 0.6) is 0 Å². The number of ether oxygens (including phenoxy) is 1. The second-order valence-corrected chi connectivity index (χ2v) is 3.30. The topological polar surface area (TPSA) is 47.0 Å². The summed E-state index contributed by atoms with van der Waals surface area (Å²) < 4.78 is 5.30. The molecule has 0 aliphatic carbocycles. The Bertz CT molecular complexity index is 302. The van der Waals surface area contributed by atoms with Gasteiger partial charge in [-0.15, -0.1) is 0 Å². The van der Waals surface area contributed by atoms with Crippen molar-refractivity contribution in [1.82, 2.24) is 9.97 Å². The first-order valence-electron chi connectivity index (χ1n) is 5.42. The predicted molar refractivity (Wildman–Crippen MR) is 60.9 cm³/mol. The van der Waals surface area contributed by atoms with Crippen LogP contribution in [-0.4, -0.2) is 23.6 Å². The molecule has 0 aliphatic heterocycles. The molecule has 0 amide bonds. The van der Waals surface area contributed by atoms with Gasteiger partial charge in [-0.1, -0.05) is 13.3 Å². The van der Waals surface area contributed by atoms with Gasteiger partial charge in [0.25, 0.3) is 0 Å². The van der Waals surface area contributed by atoms with Crippen LogP contribution in [0.4, 0.5) is 5.82 Å². The molecule has 0 saturated heterocycles. The highest BCUT2D eigenvalue weighted by molar-refractivity contribution is 5.35. The molecule has 1 rings (SSSR count). The second kappa shape index (κ2) is 6.35. The van der Waals surface area contributed by atoms with Crippen molar-refractivity contribution in [3.63, 3.8) is 0 Å². The normalized spacial score (nSPS) is 10.3. The van der Waals surface area contributed by atoms with E-state index in [2.05, 4.69) is 22.2 Å². The summed E-state index contributed by atoms with van der Waals surface area (Å²) in [5.41, 5.74) is 1.08. The number of aromatic nitrogens is 2. The molecule has 0 unspecified atom stereocenters. The van der Waals surface area contributed by atoms with Crippen molar-refractivity contribution < 1.29 is 4.74 Å². The van der Waals surface area contributed by atoms with Gasteiger partial charge < -0.3 is 10.1 Å². The van der Waals surface area contributed by atoms with Crippen molar-refractivity contribution in [2.75, 3.05) is 19.0 Å². The maximum Gasteiger partial charge on any atom is 0.156 e. The number of hydrogen-bond acceptors (Lipinski definition) is 4. The number of nitrogens with zero attached hydrogens (tertiary/aromatic N) is 2. The summed E-state index contributed by atoms with van der Waals surface area (Å²) in [5, 5.41) is 3.04. The van der Waals surface area contributed by atoms with Gasteiger partial charge in [-0.25, -0.2) is 9.97 Å². The van der Waals surface area contributed by atoms with Crippen LogP contribution >= 0.6 is 0 Å². The fourth-order valence-electron chi connectivity index (χ4n) is 1.32. The highest BCUT2D eigenvalue weighted by Crippen LogP contribution is 2.08. The summed E-state index contributed by atoms with van der Waals surface area (Å²) in [6.45, 7) is 5.29. The van der Waals surface area contributed by atoms with E-state index >= 15 is 0 Å². The minimum absolute atomic E-state index is 0.489. The molecule has 0 fully saturated rings. The molecule has 0 aliphatic rings. The largest absolute Gasteiger partial charge is 0.374 e. The Morgan fingerprint density at radius 2 is 2.13 bits per heavy atom. The van der Waals surface area contributed by atoms with Gasteiger partial charge in [0.1, 0.15) is 12.4 Å². The van der Waals surface area contributed by atoms with E-state index in [9.17, 15) is 0 Å². The van der Waals surface area contributed by atoms with Gasteiger partial charge in [-0.3, -0.25) is 0 Å². The molecular formula is C11H19N3O. The van der Waals surface area contributed by atoms with Gasteiger partial charge in [-0.05, 0) is 13.3 Å². The van der Waals surface area contributed by atoms with Crippen LogP contribution in [0.3, 0.4) is 0 Å². The summed E-state index contributed by atoms with van der Waals surface area (Å²) in [4.78, 5) is 8.76. The standard InChI is InChI=1S/C11H19N3O/c1-4-6-9-7-10(12-3)14-11(13-9)8-15-5-2/h7H,4-6,8H2,1-3H3,(H,12,13,14). The van der Waals surface area contributed by atoms with Gasteiger partial charge >= 0.3 is 0 Å². The third-order valence-corrected chi connectivity index (χ3v) is 2.02. The molecule has 0 bridgehead atoms. The Kier molecular flexibility index (Phi) is 5.04. The van der Waals surface area contributed by atoms with Gasteiger partial charge in [-0.2, -0.15) is 0 Å². The molecule has 1 heterocycles. The molecular weight excluding hydrogens is 190 g/mol. The molecule has 84 valence electrons. The smallest absolute Gasteiger partial charge is 0.156 e. The molecule has 15 heavy (non-hydrogen) atoms. The number of hydrogen-bond donors (Lipinski definition) is 1. The minimum Gasteiger partial charge on any atom is -0.374 e. The zero-order valence-corrected chi connectivity index (χ0v) is 9.71. The summed E-state index contributed by atoms with van der Waals surface area (Å²) in [5.74, 6) is 1.62. The van der Waals surface area contributed by atoms with Crippen molar-refractivity contribution in [3.05, 3.63) is 17.6 Å². The Balaban J connectivity index is 2.79. The zero-order valence-electron chi connectivity index (χ0n) is 9.71. The lowest BCUT2D eigenvalue weighted by atomic mass is 10.2. The predicted octanol–water partition coefficient (Wildman–Crippen LogP) is 2.01. The van der Waals surface area contributed by atoms with Gasteiger partial charge in [0.2, 0.25) is 0 Å². The van der Waals surface area contributed by atoms with Crippen LogP contribution in [0.1, 0.15) is 31.8 Å². The third kappa shape index (κ3) is 3.83. The lowest BCUT2D eigenvalue weighted by Gasteiger charge is -2.07. The van der Waals surface area contributed by atoms with Gasteiger partial charge in [0.05, 0.1) is 0 Å². The van der Waals surface area contributed by atoms with Crippen LogP contribution in [-0.2, 0) is 17.8 Å². The van der Waals surface area contributed by atoms with E-state index in [0.29, 0.717) is 13.2 Å². The van der Waals surface area contributed by atoms with E-state index in [1.165, 1.54) is 0 Å². The molecule has 0 saturated carbocycles. The number of anilines is 1. The van der Waals surface area contributed by atoms with Crippen molar-refractivity contribution in [1.29, 1.82) is 0 Å².